The molecule has 3 aromatic rings. The zero-order chi connectivity index (χ0) is 22.1. The molecule has 3 N–H and O–H groups in total. The number of H-pyrrole nitrogens is 1. The molecule has 1 saturated carbocycles. The van der Waals surface area contributed by atoms with Crippen molar-refractivity contribution in [3.63, 3.8) is 0 Å². The minimum absolute atomic E-state index is 0.0257. The van der Waals surface area contributed by atoms with Gasteiger partial charge in [-0.05, 0) is 61.3 Å². The predicted molar refractivity (Wildman–Crippen MR) is 125 cm³/mol. The van der Waals surface area contributed by atoms with Crippen molar-refractivity contribution in [2.24, 2.45) is 5.73 Å². The second-order valence-electron chi connectivity index (χ2n) is 8.42. The van der Waals surface area contributed by atoms with Gasteiger partial charge in [-0.15, -0.1) is 0 Å². The summed E-state index contributed by atoms with van der Waals surface area (Å²) in [5.41, 5.74) is 6.49. The van der Waals surface area contributed by atoms with Gasteiger partial charge in [0.25, 0.3) is 5.56 Å². The maximum atomic E-state index is 12.1. The predicted octanol–water partition coefficient (Wildman–Crippen LogP) is 5.15. The molecule has 6 heteroatoms. The molecule has 0 aliphatic heterocycles. The summed E-state index contributed by atoms with van der Waals surface area (Å²) in [5.74, 6) is 0.577. The highest BCUT2D eigenvalue weighted by Gasteiger charge is 2.48. The Morgan fingerprint density at radius 3 is 2.48 bits per heavy atom. The number of rotatable bonds is 6. The molecule has 0 amide bonds. The van der Waals surface area contributed by atoms with Gasteiger partial charge in [-0.2, -0.15) is 0 Å². The van der Waals surface area contributed by atoms with E-state index in [-0.39, 0.29) is 17.2 Å². The quantitative estimate of drug-likeness (QED) is 0.555. The van der Waals surface area contributed by atoms with Crippen molar-refractivity contribution < 1.29 is 9.47 Å². The summed E-state index contributed by atoms with van der Waals surface area (Å²) in [5, 5.41) is 1.76. The number of benzene rings is 2. The number of ether oxygens (including phenoxy) is 2. The van der Waals surface area contributed by atoms with Crippen molar-refractivity contribution >= 4 is 22.4 Å². The fourth-order valence-electron chi connectivity index (χ4n) is 4.84. The van der Waals surface area contributed by atoms with Crippen LogP contribution in [0.15, 0.2) is 59.5 Å². The summed E-state index contributed by atoms with van der Waals surface area (Å²) in [6.07, 6.45) is 5.58. The van der Waals surface area contributed by atoms with Crippen molar-refractivity contribution in [1.82, 2.24) is 4.98 Å². The van der Waals surface area contributed by atoms with E-state index in [0.717, 1.165) is 43.1 Å². The normalized spacial score (nSPS) is 24.8. The molecule has 1 heterocycles. The SMILES string of the molecule is CCC(N)C1(OC)CCC(Oc2cc3cc[nH]c(=O)c3cc2Cl)(c2ccccc2)CC1. The van der Waals surface area contributed by atoms with Crippen molar-refractivity contribution in [2.75, 3.05) is 7.11 Å². The molecule has 4 rings (SSSR count). The van der Waals surface area contributed by atoms with Gasteiger partial charge in [-0.1, -0.05) is 48.9 Å². The first-order valence-corrected chi connectivity index (χ1v) is 11.2. The number of hydrogen-bond donors (Lipinski definition) is 2. The largest absolute Gasteiger partial charge is 0.481 e. The number of nitrogens with two attached hydrogens (primary N) is 1. The summed E-state index contributed by atoms with van der Waals surface area (Å²) in [6, 6.07) is 15.6. The van der Waals surface area contributed by atoms with Gasteiger partial charge in [-0.3, -0.25) is 4.79 Å². The Bertz CT molecular complexity index is 1100. The van der Waals surface area contributed by atoms with Gasteiger partial charge >= 0.3 is 0 Å². The third-order valence-electron chi connectivity index (χ3n) is 6.86. The molecule has 0 bridgehead atoms. The van der Waals surface area contributed by atoms with Gasteiger partial charge in [0.1, 0.15) is 11.4 Å². The minimum atomic E-state index is -0.546. The van der Waals surface area contributed by atoms with E-state index in [1.54, 1.807) is 19.4 Å². The fraction of sp³-hybridized carbons (Fsp3) is 0.400. The van der Waals surface area contributed by atoms with E-state index >= 15 is 0 Å². The lowest BCUT2D eigenvalue weighted by atomic mass is 9.69. The van der Waals surface area contributed by atoms with Crippen molar-refractivity contribution in [1.29, 1.82) is 0 Å². The Hall–Kier alpha value is -2.34. The van der Waals surface area contributed by atoms with Crippen LogP contribution in [0.25, 0.3) is 10.8 Å². The molecule has 0 saturated heterocycles. The molecule has 31 heavy (non-hydrogen) atoms. The van der Waals surface area contributed by atoms with Crippen LogP contribution in [-0.2, 0) is 10.3 Å². The molecule has 1 aromatic heterocycles. The highest BCUT2D eigenvalue weighted by molar-refractivity contribution is 6.32. The Morgan fingerprint density at radius 1 is 1.13 bits per heavy atom. The Morgan fingerprint density at radius 2 is 1.84 bits per heavy atom. The van der Waals surface area contributed by atoms with Crippen molar-refractivity contribution in [3.8, 4) is 5.75 Å². The molecule has 164 valence electrons. The van der Waals surface area contributed by atoms with E-state index in [4.69, 9.17) is 26.8 Å². The van der Waals surface area contributed by atoms with E-state index in [0.29, 0.717) is 16.2 Å². The first-order valence-electron chi connectivity index (χ1n) is 10.8. The zero-order valence-electron chi connectivity index (χ0n) is 18.0. The van der Waals surface area contributed by atoms with E-state index in [2.05, 4.69) is 24.0 Å². The van der Waals surface area contributed by atoms with Crippen LogP contribution >= 0.6 is 11.6 Å². The van der Waals surface area contributed by atoms with Crippen LogP contribution in [0.4, 0.5) is 0 Å². The second-order valence-corrected chi connectivity index (χ2v) is 8.83. The van der Waals surface area contributed by atoms with Crippen LogP contribution in [0.5, 0.6) is 5.75 Å². The average Bonchev–Trinajstić information content (AvgIpc) is 2.81. The van der Waals surface area contributed by atoms with Crippen LogP contribution < -0.4 is 16.0 Å². The summed E-state index contributed by atoms with van der Waals surface area (Å²) in [7, 11) is 1.75. The summed E-state index contributed by atoms with van der Waals surface area (Å²) in [6.45, 7) is 2.09. The molecule has 2 aromatic carbocycles. The molecule has 1 aliphatic rings. The van der Waals surface area contributed by atoms with Gasteiger partial charge in [0, 0.05) is 24.7 Å². The first-order chi connectivity index (χ1) is 14.9. The molecule has 5 nitrogen and oxygen atoms in total. The standard InChI is InChI=1S/C25H29ClN2O3/c1-3-22(27)25(30-2)12-10-24(11-13-25,18-7-5-4-6-8-18)31-21-15-17-9-14-28-23(29)19(17)16-20(21)26/h4-9,14-16,22H,3,10-13,27H2,1-2H3,(H,28,29). The summed E-state index contributed by atoms with van der Waals surface area (Å²) >= 11 is 6.58. The van der Waals surface area contributed by atoms with E-state index < -0.39 is 5.60 Å². The highest BCUT2D eigenvalue weighted by atomic mass is 35.5. The molecule has 1 unspecified atom stereocenters. The number of hydrogen-bond acceptors (Lipinski definition) is 4. The molecular weight excluding hydrogens is 412 g/mol. The van der Waals surface area contributed by atoms with Crippen LogP contribution in [0.1, 0.15) is 44.6 Å². The number of methoxy groups -OCH3 is 1. The third-order valence-corrected chi connectivity index (χ3v) is 7.15. The van der Waals surface area contributed by atoms with E-state index in [9.17, 15) is 4.79 Å². The lowest BCUT2D eigenvalue weighted by molar-refractivity contribution is -0.106. The molecule has 0 radical (unpaired) electrons. The Labute approximate surface area is 187 Å². The summed E-state index contributed by atoms with van der Waals surface area (Å²) in [4.78, 5) is 14.8. The van der Waals surface area contributed by atoms with Gasteiger partial charge in [-0.25, -0.2) is 0 Å². The number of nitrogens with one attached hydrogen (secondary N) is 1. The minimum Gasteiger partial charge on any atom is -0.481 e. The average molecular weight is 441 g/mol. The van der Waals surface area contributed by atoms with E-state index in [1.165, 1.54) is 0 Å². The van der Waals surface area contributed by atoms with Gasteiger partial charge in [0.15, 0.2) is 0 Å². The maximum Gasteiger partial charge on any atom is 0.255 e. The van der Waals surface area contributed by atoms with Crippen LogP contribution in [0.3, 0.4) is 0 Å². The van der Waals surface area contributed by atoms with Gasteiger partial charge in [0.2, 0.25) is 0 Å². The number of aromatic nitrogens is 1. The second kappa shape index (κ2) is 8.65. The molecule has 1 aliphatic carbocycles. The molecular formula is C25H29ClN2O3. The first kappa shape index (κ1) is 21.9. The Balaban J connectivity index is 1.74. The topological polar surface area (TPSA) is 77.3 Å². The van der Waals surface area contributed by atoms with Gasteiger partial charge < -0.3 is 20.2 Å². The third kappa shape index (κ3) is 3.98. The van der Waals surface area contributed by atoms with Crippen LogP contribution in [-0.4, -0.2) is 23.7 Å². The number of pyridine rings is 1. The number of aromatic amines is 1. The lowest BCUT2D eigenvalue weighted by Gasteiger charge is -2.48. The maximum absolute atomic E-state index is 12.1. The van der Waals surface area contributed by atoms with Crippen LogP contribution in [0.2, 0.25) is 5.02 Å². The van der Waals surface area contributed by atoms with Crippen molar-refractivity contribution in [2.45, 2.75) is 56.3 Å². The number of halogens is 1. The zero-order valence-corrected chi connectivity index (χ0v) is 18.7. The molecule has 1 fully saturated rings. The monoisotopic (exact) mass is 440 g/mol. The van der Waals surface area contributed by atoms with Gasteiger partial charge in [0.05, 0.1) is 10.6 Å². The van der Waals surface area contributed by atoms with Crippen LogP contribution in [0, 0.1) is 0 Å². The fourth-order valence-corrected chi connectivity index (χ4v) is 5.05. The van der Waals surface area contributed by atoms with E-state index in [1.807, 2.05) is 30.3 Å². The molecule has 1 atom stereocenters. The Kier molecular flexibility index (Phi) is 6.11. The smallest absolute Gasteiger partial charge is 0.255 e. The molecule has 0 spiro atoms. The highest BCUT2D eigenvalue weighted by Crippen LogP contribution is 2.48. The summed E-state index contributed by atoms with van der Waals surface area (Å²) < 4.78 is 12.7. The lowest BCUT2D eigenvalue weighted by Crippen LogP contribution is -2.54. The number of fused-ring (bicyclic) bond motifs is 1. The van der Waals surface area contributed by atoms with Crippen molar-refractivity contribution in [3.05, 3.63) is 75.7 Å².